The zero-order valence-corrected chi connectivity index (χ0v) is 11.8. The molecule has 2 aromatic heterocycles. The number of methoxy groups -OCH3 is 1. The van der Waals surface area contributed by atoms with Crippen molar-refractivity contribution in [1.82, 2.24) is 14.9 Å². The van der Waals surface area contributed by atoms with E-state index in [4.69, 9.17) is 15.0 Å². The molecule has 2 N–H and O–H groups in total. The summed E-state index contributed by atoms with van der Waals surface area (Å²) in [5, 5.41) is 8.41. The molecule has 0 saturated carbocycles. The van der Waals surface area contributed by atoms with Crippen molar-refractivity contribution in [2.75, 3.05) is 7.11 Å². The lowest BCUT2D eigenvalue weighted by Crippen LogP contribution is -2.08. The van der Waals surface area contributed by atoms with Gasteiger partial charge in [0.15, 0.2) is 5.76 Å². The second-order valence-corrected chi connectivity index (χ2v) is 4.60. The van der Waals surface area contributed by atoms with E-state index in [1.54, 1.807) is 11.8 Å². The van der Waals surface area contributed by atoms with Crippen LogP contribution in [0.15, 0.2) is 10.6 Å². The van der Waals surface area contributed by atoms with Crippen molar-refractivity contribution in [2.24, 2.45) is 12.8 Å². The van der Waals surface area contributed by atoms with Crippen LogP contribution in [-0.4, -0.2) is 22.0 Å². The van der Waals surface area contributed by atoms with E-state index in [9.17, 15) is 0 Å². The first-order valence-corrected chi connectivity index (χ1v) is 6.38. The van der Waals surface area contributed by atoms with E-state index in [-0.39, 0.29) is 6.04 Å². The molecule has 0 aliphatic rings. The molecule has 0 amide bonds. The zero-order valence-electron chi connectivity index (χ0n) is 11.8. The van der Waals surface area contributed by atoms with E-state index in [2.05, 4.69) is 17.2 Å². The van der Waals surface area contributed by atoms with Crippen LogP contribution >= 0.6 is 0 Å². The quantitative estimate of drug-likeness (QED) is 0.895. The highest BCUT2D eigenvalue weighted by Crippen LogP contribution is 2.33. The van der Waals surface area contributed by atoms with Crippen molar-refractivity contribution in [3.8, 4) is 17.1 Å². The van der Waals surface area contributed by atoms with E-state index in [0.29, 0.717) is 17.3 Å². The average molecular weight is 264 g/mol. The SMILES string of the molecule is CCCC(N)c1cc(-c2c(C)nn(C)c2OC)no1. The summed E-state index contributed by atoms with van der Waals surface area (Å²) in [6.45, 7) is 4.00. The van der Waals surface area contributed by atoms with Gasteiger partial charge in [0.1, 0.15) is 5.69 Å². The first-order valence-electron chi connectivity index (χ1n) is 6.38. The Morgan fingerprint density at radius 3 is 2.89 bits per heavy atom. The largest absolute Gasteiger partial charge is 0.481 e. The Hall–Kier alpha value is -1.82. The molecule has 0 aromatic carbocycles. The molecule has 0 bridgehead atoms. The molecule has 6 nitrogen and oxygen atoms in total. The summed E-state index contributed by atoms with van der Waals surface area (Å²) >= 11 is 0. The van der Waals surface area contributed by atoms with Gasteiger partial charge in [-0.15, -0.1) is 0 Å². The normalized spacial score (nSPS) is 12.7. The number of hydrogen-bond acceptors (Lipinski definition) is 5. The van der Waals surface area contributed by atoms with Gasteiger partial charge < -0.3 is 15.0 Å². The monoisotopic (exact) mass is 264 g/mol. The molecule has 2 rings (SSSR count). The first kappa shape index (κ1) is 13.6. The predicted octanol–water partition coefficient (Wildman–Crippen LogP) is 2.19. The maximum absolute atomic E-state index is 6.02. The summed E-state index contributed by atoms with van der Waals surface area (Å²) in [5.74, 6) is 1.36. The molecule has 0 saturated heterocycles. The van der Waals surface area contributed by atoms with Crippen molar-refractivity contribution >= 4 is 0 Å². The van der Waals surface area contributed by atoms with Crippen LogP contribution in [0.3, 0.4) is 0 Å². The Balaban J connectivity index is 2.38. The zero-order chi connectivity index (χ0) is 14.0. The lowest BCUT2D eigenvalue weighted by Gasteiger charge is -2.03. The predicted molar refractivity (Wildman–Crippen MR) is 71.8 cm³/mol. The van der Waals surface area contributed by atoms with Gasteiger partial charge in [-0.05, 0) is 13.3 Å². The summed E-state index contributed by atoms with van der Waals surface area (Å²) in [4.78, 5) is 0. The second-order valence-electron chi connectivity index (χ2n) is 4.60. The maximum Gasteiger partial charge on any atom is 0.221 e. The van der Waals surface area contributed by atoms with Gasteiger partial charge in [-0.25, -0.2) is 4.68 Å². The molecule has 0 aliphatic heterocycles. The van der Waals surface area contributed by atoms with Crippen LogP contribution in [0.5, 0.6) is 5.88 Å². The molecule has 0 spiro atoms. The van der Waals surface area contributed by atoms with Gasteiger partial charge in [-0.1, -0.05) is 18.5 Å². The van der Waals surface area contributed by atoms with E-state index in [1.165, 1.54) is 0 Å². The van der Waals surface area contributed by atoms with Crippen LogP contribution in [0.1, 0.15) is 37.3 Å². The minimum atomic E-state index is -0.116. The smallest absolute Gasteiger partial charge is 0.221 e. The highest BCUT2D eigenvalue weighted by molar-refractivity contribution is 5.68. The van der Waals surface area contributed by atoms with Gasteiger partial charge in [0.25, 0.3) is 0 Å². The first-order chi connectivity index (χ1) is 9.08. The summed E-state index contributed by atoms with van der Waals surface area (Å²) in [5.41, 5.74) is 8.44. The molecule has 0 radical (unpaired) electrons. The number of nitrogens with two attached hydrogens (primary N) is 1. The number of hydrogen-bond donors (Lipinski definition) is 1. The van der Waals surface area contributed by atoms with Crippen molar-refractivity contribution in [1.29, 1.82) is 0 Å². The van der Waals surface area contributed by atoms with E-state index >= 15 is 0 Å². The third kappa shape index (κ3) is 2.49. The van der Waals surface area contributed by atoms with Gasteiger partial charge in [0.05, 0.1) is 24.4 Å². The molecule has 1 atom stereocenters. The lowest BCUT2D eigenvalue weighted by molar-refractivity contribution is 0.355. The lowest BCUT2D eigenvalue weighted by atomic mass is 10.1. The Kier molecular flexibility index (Phi) is 3.90. The molecule has 104 valence electrons. The van der Waals surface area contributed by atoms with Gasteiger partial charge >= 0.3 is 0 Å². The van der Waals surface area contributed by atoms with Crippen molar-refractivity contribution in [2.45, 2.75) is 32.7 Å². The fraction of sp³-hybridized carbons (Fsp3) is 0.538. The summed E-state index contributed by atoms with van der Waals surface area (Å²) < 4.78 is 12.4. The van der Waals surface area contributed by atoms with Crippen LogP contribution in [0, 0.1) is 6.92 Å². The third-order valence-electron chi connectivity index (χ3n) is 3.11. The average Bonchev–Trinajstić information content (AvgIpc) is 2.93. The van der Waals surface area contributed by atoms with Gasteiger partial charge in [0, 0.05) is 13.1 Å². The van der Waals surface area contributed by atoms with Crippen molar-refractivity contribution < 1.29 is 9.26 Å². The van der Waals surface area contributed by atoms with Gasteiger partial charge in [0.2, 0.25) is 5.88 Å². The number of aryl methyl sites for hydroxylation is 2. The fourth-order valence-corrected chi connectivity index (χ4v) is 2.20. The van der Waals surface area contributed by atoms with Crippen LogP contribution < -0.4 is 10.5 Å². The van der Waals surface area contributed by atoms with Crippen molar-refractivity contribution in [3.05, 3.63) is 17.5 Å². The molecule has 6 heteroatoms. The van der Waals surface area contributed by atoms with E-state index < -0.39 is 0 Å². The van der Waals surface area contributed by atoms with Crippen LogP contribution in [0.2, 0.25) is 0 Å². The number of rotatable bonds is 5. The molecule has 2 heterocycles. The van der Waals surface area contributed by atoms with E-state index in [1.807, 2.05) is 20.0 Å². The molecule has 0 fully saturated rings. The van der Waals surface area contributed by atoms with Crippen molar-refractivity contribution in [3.63, 3.8) is 0 Å². The molecular formula is C13H20N4O2. The van der Waals surface area contributed by atoms with Gasteiger partial charge in [-0.2, -0.15) is 5.10 Å². The van der Waals surface area contributed by atoms with Crippen LogP contribution in [0.4, 0.5) is 0 Å². The Labute approximate surface area is 112 Å². The Morgan fingerprint density at radius 1 is 1.53 bits per heavy atom. The summed E-state index contributed by atoms with van der Waals surface area (Å²) in [6.07, 6.45) is 1.88. The Bertz CT molecular complexity index is 559. The third-order valence-corrected chi connectivity index (χ3v) is 3.11. The number of ether oxygens (including phenoxy) is 1. The summed E-state index contributed by atoms with van der Waals surface area (Å²) in [6, 6.07) is 1.75. The number of nitrogens with zero attached hydrogens (tertiary/aromatic N) is 3. The maximum atomic E-state index is 6.02. The molecule has 19 heavy (non-hydrogen) atoms. The molecule has 0 aliphatic carbocycles. The molecular weight excluding hydrogens is 244 g/mol. The second kappa shape index (κ2) is 5.44. The standard InChI is InChI=1S/C13H20N4O2/c1-5-6-9(14)11-7-10(16-19-11)12-8(2)15-17(3)13(12)18-4/h7,9H,5-6,14H2,1-4H3. The molecule has 2 aromatic rings. The fourth-order valence-electron chi connectivity index (χ4n) is 2.20. The highest BCUT2D eigenvalue weighted by Gasteiger charge is 2.21. The molecule has 1 unspecified atom stereocenters. The topological polar surface area (TPSA) is 79.1 Å². The van der Waals surface area contributed by atoms with Crippen LogP contribution in [-0.2, 0) is 7.05 Å². The minimum Gasteiger partial charge on any atom is -0.481 e. The summed E-state index contributed by atoms with van der Waals surface area (Å²) in [7, 11) is 3.45. The van der Waals surface area contributed by atoms with E-state index in [0.717, 1.165) is 24.1 Å². The minimum absolute atomic E-state index is 0.116. The highest BCUT2D eigenvalue weighted by atomic mass is 16.5. The van der Waals surface area contributed by atoms with Gasteiger partial charge in [-0.3, -0.25) is 0 Å². The van der Waals surface area contributed by atoms with Crippen LogP contribution in [0.25, 0.3) is 11.3 Å². The number of aromatic nitrogens is 3. The Morgan fingerprint density at radius 2 is 2.26 bits per heavy atom.